The van der Waals surface area contributed by atoms with Crippen molar-refractivity contribution in [2.75, 3.05) is 25.0 Å². The third-order valence-electron chi connectivity index (χ3n) is 4.52. The Balaban J connectivity index is 1.27. The molecule has 134 valence electrons. The average molecular weight is 352 g/mol. The molecule has 0 aliphatic carbocycles. The zero-order valence-electron chi connectivity index (χ0n) is 14.3. The molecule has 0 radical (unpaired) electrons. The van der Waals surface area contributed by atoms with Crippen molar-refractivity contribution in [1.29, 1.82) is 0 Å². The fourth-order valence-electron chi connectivity index (χ4n) is 3.11. The van der Waals surface area contributed by atoms with Gasteiger partial charge in [0.2, 0.25) is 0 Å². The number of H-pyrrole nitrogens is 1. The van der Waals surface area contributed by atoms with Gasteiger partial charge in [0.15, 0.2) is 11.5 Å². The highest BCUT2D eigenvalue weighted by Gasteiger charge is 2.27. The number of amides is 1. The zero-order chi connectivity index (χ0) is 17.8. The van der Waals surface area contributed by atoms with E-state index in [0.29, 0.717) is 37.1 Å². The molecular weight excluding hydrogens is 332 g/mol. The second-order valence-corrected chi connectivity index (χ2v) is 6.34. The summed E-state index contributed by atoms with van der Waals surface area (Å²) >= 11 is 0. The Hall–Kier alpha value is -3.16. The van der Waals surface area contributed by atoms with E-state index in [9.17, 15) is 4.79 Å². The lowest BCUT2D eigenvalue weighted by molar-refractivity contribution is 0.103. The van der Waals surface area contributed by atoms with Gasteiger partial charge in [0.25, 0.3) is 0 Å². The van der Waals surface area contributed by atoms with E-state index in [2.05, 4.69) is 25.3 Å². The van der Waals surface area contributed by atoms with E-state index in [0.717, 1.165) is 24.0 Å². The van der Waals surface area contributed by atoms with E-state index in [1.807, 2.05) is 30.3 Å². The van der Waals surface area contributed by atoms with E-state index in [1.165, 1.54) is 6.33 Å². The molecule has 4 rings (SSSR count). The van der Waals surface area contributed by atoms with Crippen molar-refractivity contribution in [1.82, 2.24) is 24.8 Å². The van der Waals surface area contributed by atoms with Crippen LogP contribution in [0.3, 0.4) is 0 Å². The van der Waals surface area contributed by atoms with Crippen molar-refractivity contribution in [2.24, 2.45) is 5.92 Å². The number of benzene rings is 1. The Kier molecular flexibility index (Phi) is 4.63. The molecule has 2 aromatic heterocycles. The van der Waals surface area contributed by atoms with Gasteiger partial charge in [0.05, 0.1) is 6.33 Å². The molecule has 3 heterocycles. The van der Waals surface area contributed by atoms with Crippen LogP contribution < -0.4 is 5.32 Å². The van der Waals surface area contributed by atoms with Crippen LogP contribution in [0.4, 0.5) is 10.6 Å². The Morgan fingerprint density at radius 3 is 3.04 bits per heavy atom. The molecule has 26 heavy (non-hydrogen) atoms. The van der Waals surface area contributed by atoms with Crippen molar-refractivity contribution in [3.05, 3.63) is 48.5 Å². The van der Waals surface area contributed by atoms with Gasteiger partial charge in [-0.3, -0.25) is 0 Å². The fourth-order valence-corrected chi connectivity index (χ4v) is 3.11. The lowest BCUT2D eigenvalue weighted by Crippen LogP contribution is -2.30. The van der Waals surface area contributed by atoms with Gasteiger partial charge in [0.1, 0.15) is 18.5 Å². The molecule has 1 fully saturated rings. The van der Waals surface area contributed by atoms with Crippen LogP contribution in [-0.4, -0.2) is 50.6 Å². The van der Waals surface area contributed by atoms with Crippen molar-refractivity contribution in [3.8, 4) is 0 Å². The number of hydrogen-bond donors (Lipinski definition) is 2. The molecule has 0 spiro atoms. The van der Waals surface area contributed by atoms with Gasteiger partial charge < -0.3 is 19.9 Å². The number of aromatic nitrogens is 4. The molecule has 1 atom stereocenters. The molecule has 1 amide bonds. The molecule has 8 nitrogen and oxygen atoms in total. The predicted molar refractivity (Wildman–Crippen MR) is 96.5 cm³/mol. The van der Waals surface area contributed by atoms with Crippen molar-refractivity contribution in [3.63, 3.8) is 0 Å². The number of hydrogen-bond acceptors (Lipinski definition) is 6. The van der Waals surface area contributed by atoms with Crippen LogP contribution in [0.5, 0.6) is 0 Å². The summed E-state index contributed by atoms with van der Waals surface area (Å²) < 4.78 is 5.40. The van der Waals surface area contributed by atoms with Gasteiger partial charge in [-0.1, -0.05) is 30.3 Å². The van der Waals surface area contributed by atoms with E-state index >= 15 is 0 Å². The Morgan fingerprint density at radius 2 is 2.15 bits per heavy atom. The second-order valence-electron chi connectivity index (χ2n) is 6.34. The summed E-state index contributed by atoms with van der Waals surface area (Å²) in [4.78, 5) is 29.6. The first-order chi connectivity index (χ1) is 12.8. The molecule has 0 bridgehead atoms. The summed E-state index contributed by atoms with van der Waals surface area (Å²) in [6.45, 7) is 2.41. The molecule has 0 saturated carbocycles. The molecule has 8 heteroatoms. The number of carbonyl (C=O) groups is 1. The van der Waals surface area contributed by atoms with Gasteiger partial charge in [0, 0.05) is 19.6 Å². The first-order valence-corrected chi connectivity index (χ1v) is 8.63. The number of ether oxygens (including phenoxy) is 1. The highest BCUT2D eigenvalue weighted by atomic mass is 16.6. The molecule has 1 aliphatic rings. The Labute approximate surface area is 150 Å². The summed E-state index contributed by atoms with van der Waals surface area (Å²) in [5, 5.41) is 3.32. The maximum atomic E-state index is 12.2. The number of rotatable bonds is 5. The largest absolute Gasteiger partial charge is 0.445 e. The summed E-state index contributed by atoms with van der Waals surface area (Å²) in [5.74, 6) is 1.06. The zero-order valence-corrected chi connectivity index (χ0v) is 14.3. The van der Waals surface area contributed by atoms with Crippen LogP contribution in [0.15, 0.2) is 43.0 Å². The summed E-state index contributed by atoms with van der Waals surface area (Å²) in [6, 6.07) is 9.70. The van der Waals surface area contributed by atoms with Crippen molar-refractivity contribution in [2.45, 2.75) is 13.0 Å². The topological polar surface area (TPSA) is 96.0 Å². The second kappa shape index (κ2) is 7.38. The van der Waals surface area contributed by atoms with Gasteiger partial charge in [-0.15, -0.1) is 0 Å². The quantitative estimate of drug-likeness (QED) is 0.732. The lowest BCUT2D eigenvalue weighted by atomic mass is 10.1. The van der Waals surface area contributed by atoms with Gasteiger partial charge in [-0.05, 0) is 17.9 Å². The Morgan fingerprint density at radius 1 is 1.27 bits per heavy atom. The minimum absolute atomic E-state index is 0.256. The third kappa shape index (κ3) is 3.58. The molecule has 1 aromatic carbocycles. The van der Waals surface area contributed by atoms with Gasteiger partial charge >= 0.3 is 6.09 Å². The van der Waals surface area contributed by atoms with Gasteiger partial charge in [-0.2, -0.15) is 0 Å². The first kappa shape index (κ1) is 16.3. The molecular formula is C18H20N6O2. The standard InChI is InChI=1S/C18H20N6O2/c25-18(26-10-13-4-2-1-3-5-13)24-7-6-14(9-24)8-19-16-15-17(21-11-20-15)23-12-22-16/h1-5,11-12,14H,6-10H2,(H2,19,20,21,22,23). The smallest absolute Gasteiger partial charge is 0.410 e. The number of likely N-dealkylation sites (tertiary alicyclic amines) is 1. The number of aromatic amines is 1. The maximum absolute atomic E-state index is 12.2. The molecule has 1 aliphatic heterocycles. The van der Waals surface area contributed by atoms with E-state index in [4.69, 9.17) is 4.74 Å². The van der Waals surface area contributed by atoms with Crippen LogP contribution in [0.25, 0.3) is 11.2 Å². The molecule has 2 N–H and O–H groups in total. The van der Waals surface area contributed by atoms with Crippen LogP contribution in [0.1, 0.15) is 12.0 Å². The number of anilines is 1. The molecule has 1 saturated heterocycles. The molecule has 1 unspecified atom stereocenters. The summed E-state index contributed by atoms with van der Waals surface area (Å²) in [5.41, 5.74) is 2.43. The van der Waals surface area contributed by atoms with Crippen LogP contribution in [-0.2, 0) is 11.3 Å². The maximum Gasteiger partial charge on any atom is 0.410 e. The van der Waals surface area contributed by atoms with Crippen LogP contribution >= 0.6 is 0 Å². The summed E-state index contributed by atoms with van der Waals surface area (Å²) in [6.07, 6.45) is 3.78. The fraction of sp³-hybridized carbons (Fsp3) is 0.333. The van der Waals surface area contributed by atoms with E-state index < -0.39 is 0 Å². The first-order valence-electron chi connectivity index (χ1n) is 8.63. The SMILES string of the molecule is O=C(OCc1ccccc1)N1CCC(CNc2ncnc3[nH]cnc23)C1. The number of fused-ring (bicyclic) bond motifs is 1. The minimum Gasteiger partial charge on any atom is -0.445 e. The third-order valence-corrected chi connectivity index (χ3v) is 4.52. The van der Waals surface area contributed by atoms with Crippen LogP contribution in [0, 0.1) is 5.92 Å². The number of nitrogens with one attached hydrogen (secondary N) is 2. The minimum atomic E-state index is -0.256. The number of imidazole rings is 1. The van der Waals surface area contributed by atoms with Gasteiger partial charge in [-0.25, -0.2) is 19.7 Å². The van der Waals surface area contributed by atoms with E-state index in [1.54, 1.807) is 11.2 Å². The Bertz CT molecular complexity index is 882. The summed E-state index contributed by atoms with van der Waals surface area (Å²) in [7, 11) is 0. The number of carbonyl (C=O) groups excluding carboxylic acids is 1. The van der Waals surface area contributed by atoms with Crippen molar-refractivity contribution >= 4 is 23.1 Å². The predicted octanol–water partition coefficient (Wildman–Crippen LogP) is 2.42. The van der Waals surface area contributed by atoms with Crippen LogP contribution in [0.2, 0.25) is 0 Å². The van der Waals surface area contributed by atoms with E-state index in [-0.39, 0.29) is 6.09 Å². The number of nitrogens with zero attached hydrogens (tertiary/aromatic N) is 4. The van der Waals surface area contributed by atoms with Crippen molar-refractivity contribution < 1.29 is 9.53 Å². The highest BCUT2D eigenvalue weighted by Crippen LogP contribution is 2.20. The lowest BCUT2D eigenvalue weighted by Gasteiger charge is -2.17. The monoisotopic (exact) mass is 352 g/mol. The highest BCUT2D eigenvalue weighted by molar-refractivity contribution is 5.81. The molecule has 3 aromatic rings. The average Bonchev–Trinajstić information content (AvgIpc) is 3.35. The normalized spacial score (nSPS) is 16.8.